The molecule has 1 fully saturated rings. The minimum atomic E-state index is -0.0822. The highest BCUT2D eigenvalue weighted by atomic mass is 32.2. The SMILES string of the molecule is CCC(C)(C)NC(=O)CNC1CCSCC1. The van der Waals surface area contributed by atoms with Crippen LogP contribution < -0.4 is 10.6 Å². The minimum Gasteiger partial charge on any atom is -0.350 e. The Kier molecular flexibility index (Phi) is 5.62. The van der Waals surface area contributed by atoms with E-state index < -0.39 is 0 Å². The second-order valence-electron chi connectivity index (χ2n) is 5.05. The van der Waals surface area contributed by atoms with Gasteiger partial charge in [-0.1, -0.05) is 6.92 Å². The van der Waals surface area contributed by atoms with Crippen molar-refractivity contribution in [1.82, 2.24) is 10.6 Å². The Balaban J connectivity index is 2.19. The first kappa shape index (κ1) is 13.8. The molecule has 94 valence electrons. The number of carbonyl (C=O) groups is 1. The first-order valence-electron chi connectivity index (χ1n) is 6.15. The van der Waals surface area contributed by atoms with Gasteiger partial charge in [0.25, 0.3) is 0 Å². The molecule has 3 nitrogen and oxygen atoms in total. The first-order chi connectivity index (χ1) is 7.53. The van der Waals surface area contributed by atoms with Gasteiger partial charge in [0.2, 0.25) is 5.91 Å². The van der Waals surface area contributed by atoms with Crippen molar-refractivity contribution in [3.8, 4) is 0 Å². The molecule has 0 unspecified atom stereocenters. The summed E-state index contributed by atoms with van der Waals surface area (Å²) in [4.78, 5) is 11.7. The normalized spacial score (nSPS) is 18.4. The molecule has 16 heavy (non-hydrogen) atoms. The molecule has 2 N–H and O–H groups in total. The maximum absolute atomic E-state index is 11.7. The van der Waals surface area contributed by atoms with E-state index in [4.69, 9.17) is 0 Å². The fourth-order valence-corrected chi connectivity index (χ4v) is 2.76. The molecule has 1 heterocycles. The van der Waals surface area contributed by atoms with Crippen LogP contribution in [0.3, 0.4) is 0 Å². The Morgan fingerprint density at radius 1 is 1.38 bits per heavy atom. The Bertz CT molecular complexity index is 225. The van der Waals surface area contributed by atoms with Crippen LogP contribution in [0, 0.1) is 0 Å². The highest BCUT2D eigenvalue weighted by Gasteiger charge is 2.19. The predicted molar refractivity (Wildman–Crippen MR) is 70.9 cm³/mol. The second-order valence-corrected chi connectivity index (χ2v) is 6.28. The predicted octanol–water partition coefficient (Wildman–Crippen LogP) is 1.78. The molecule has 0 aromatic carbocycles. The zero-order valence-corrected chi connectivity index (χ0v) is 11.5. The van der Waals surface area contributed by atoms with E-state index in [1.807, 2.05) is 11.8 Å². The van der Waals surface area contributed by atoms with E-state index in [1.54, 1.807) is 0 Å². The lowest BCUT2D eigenvalue weighted by atomic mass is 10.0. The van der Waals surface area contributed by atoms with Gasteiger partial charge in [0.15, 0.2) is 0 Å². The number of carbonyl (C=O) groups excluding carboxylic acids is 1. The summed E-state index contributed by atoms with van der Waals surface area (Å²) in [6.07, 6.45) is 3.34. The summed E-state index contributed by atoms with van der Waals surface area (Å²) in [5, 5.41) is 6.38. The van der Waals surface area contributed by atoms with E-state index in [0.29, 0.717) is 12.6 Å². The molecule has 0 aromatic rings. The Hall–Kier alpha value is -0.220. The van der Waals surface area contributed by atoms with Crippen LogP contribution in [-0.4, -0.2) is 35.5 Å². The highest BCUT2D eigenvalue weighted by Crippen LogP contribution is 2.16. The summed E-state index contributed by atoms with van der Waals surface area (Å²) in [5.41, 5.74) is -0.0822. The third-order valence-corrected chi connectivity index (χ3v) is 4.18. The van der Waals surface area contributed by atoms with Crippen molar-refractivity contribution in [1.29, 1.82) is 0 Å². The number of rotatable bonds is 5. The Labute approximate surface area is 103 Å². The fraction of sp³-hybridized carbons (Fsp3) is 0.917. The smallest absolute Gasteiger partial charge is 0.234 e. The quantitative estimate of drug-likeness (QED) is 0.774. The molecular formula is C12H24N2OS. The molecule has 0 saturated carbocycles. The third kappa shape index (κ3) is 5.21. The van der Waals surface area contributed by atoms with Gasteiger partial charge in [-0.3, -0.25) is 4.79 Å². The van der Waals surface area contributed by atoms with E-state index in [1.165, 1.54) is 24.3 Å². The van der Waals surface area contributed by atoms with Crippen LogP contribution in [0.15, 0.2) is 0 Å². The largest absolute Gasteiger partial charge is 0.350 e. The van der Waals surface area contributed by atoms with E-state index >= 15 is 0 Å². The Morgan fingerprint density at radius 2 is 2.00 bits per heavy atom. The maximum atomic E-state index is 11.7. The van der Waals surface area contributed by atoms with Crippen molar-refractivity contribution in [2.75, 3.05) is 18.1 Å². The average Bonchev–Trinajstić information content (AvgIpc) is 2.27. The van der Waals surface area contributed by atoms with E-state index in [9.17, 15) is 4.79 Å². The average molecular weight is 244 g/mol. The fourth-order valence-electron chi connectivity index (χ4n) is 1.65. The van der Waals surface area contributed by atoms with Crippen LogP contribution in [0.5, 0.6) is 0 Å². The van der Waals surface area contributed by atoms with Gasteiger partial charge in [0.1, 0.15) is 0 Å². The van der Waals surface area contributed by atoms with Gasteiger partial charge in [-0.15, -0.1) is 0 Å². The van der Waals surface area contributed by atoms with Crippen LogP contribution in [0.4, 0.5) is 0 Å². The first-order valence-corrected chi connectivity index (χ1v) is 7.31. The number of hydrogen-bond acceptors (Lipinski definition) is 3. The summed E-state index contributed by atoms with van der Waals surface area (Å²) in [6.45, 7) is 6.66. The monoisotopic (exact) mass is 244 g/mol. The lowest BCUT2D eigenvalue weighted by molar-refractivity contribution is -0.122. The summed E-state index contributed by atoms with van der Waals surface area (Å²) >= 11 is 2.01. The molecule has 1 saturated heterocycles. The third-order valence-electron chi connectivity index (χ3n) is 3.13. The summed E-state index contributed by atoms with van der Waals surface area (Å²) in [6, 6.07) is 0.539. The molecule has 0 atom stereocenters. The lowest BCUT2D eigenvalue weighted by Crippen LogP contribution is -2.48. The van der Waals surface area contributed by atoms with Crippen LogP contribution >= 0.6 is 11.8 Å². The summed E-state index contributed by atoms with van der Waals surface area (Å²) < 4.78 is 0. The summed E-state index contributed by atoms with van der Waals surface area (Å²) in [5.74, 6) is 2.56. The van der Waals surface area contributed by atoms with Crippen molar-refractivity contribution in [3.05, 3.63) is 0 Å². The van der Waals surface area contributed by atoms with Crippen LogP contribution in [0.1, 0.15) is 40.0 Å². The van der Waals surface area contributed by atoms with Gasteiger partial charge < -0.3 is 10.6 Å². The zero-order chi connectivity index (χ0) is 12.0. The zero-order valence-electron chi connectivity index (χ0n) is 10.6. The molecule has 0 bridgehead atoms. The van der Waals surface area contributed by atoms with E-state index in [2.05, 4.69) is 31.4 Å². The molecule has 0 spiro atoms. The van der Waals surface area contributed by atoms with E-state index in [0.717, 1.165) is 6.42 Å². The van der Waals surface area contributed by atoms with Gasteiger partial charge in [0.05, 0.1) is 6.54 Å². The maximum Gasteiger partial charge on any atom is 0.234 e. The van der Waals surface area contributed by atoms with Crippen molar-refractivity contribution < 1.29 is 4.79 Å². The van der Waals surface area contributed by atoms with Crippen LogP contribution in [0.25, 0.3) is 0 Å². The molecule has 0 aromatic heterocycles. The molecule has 1 amide bonds. The number of nitrogens with one attached hydrogen (secondary N) is 2. The van der Waals surface area contributed by atoms with Gasteiger partial charge in [-0.05, 0) is 44.6 Å². The van der Waals surface area contributed by atoms with E-state index in [-0.39, 0.29) is 11.4 Å². The minimum absolute atomic E-state index is 0.0822. The van der Waals surface area contributed by atoms with Crippen LogP contribution in [-0.2, 0) is 4.79 Å². The molecule has 4 heteroatoms. The van der Waals surface area contributed by atoms with Crippen molar-refractivity contribution in [2.45, 2.75) is 51.6 Å². The van der Waals surface area contributed by atoms with Gasteiger partial charge in [-0.25, -0.2) is 0 Å². The molecular weight excluding hydrogens is 220 g/mol. The second kappa shape index (κ2) is 6.50. The number of amides is 1. The summed E-state index contributed by atoms with van der Waals surface area (Å²) in [7, 11) is 0. The van der Waals surface area contributed by atoms with Crippen molar-refractivity contribution in [2.24, 2.45) is 0 Å². The standard InChI is InChI=1S/C12H24N2OS/c1-4-12(2,3)14-11(15)9-13-10-5-7-16-8-6-10/h10,13H,4-9H2,1-3H3,(H,14,15). The number of hydrogen-bond donors (Lipinski definition) is 2. The molecule has 1 aliphatic rings. The number of thioether (sulfide) groups is 1. The molecule has 0 radical (unpaired) electrons. The van der Waals surface area contributed by atoms with Gasteiger partial charge in [0, 0.05) is 11.6 Å². The highest BCUT2D eigenvalue weighted by molar-refractivity contribution is 7.99. The topological polar surface area (TPSA) is 41.1 Å². The van der Waals surface area contributed by atoms with Gasteiger partial charge in [-0.2, -0.15) is 11.8 Å². The Morgan fingerprint density at radius 3 is 2.56 bits per heavy atom. The van der Waals surface area contributed by atoms with Crippen molar-refractivity contribution in [3.63, 3.8) is 0 Å². The van der Waals surface area contributed by atoms with Crippen LogP contribution in [0.2, 0.25) is 0 Å². The molecule has 0 aliphatic carbocycles. The molecule has 1 aliphatic heterocycles. The van der Waals surface area contributed by atoms with Crippen molar-refractivity contribution >= 4 is 17.7 Å². The molecule has 1 rings (SSSR count). The lowest BCUT2D eigenvalue weighted by Gasteiger charge is -2.26. The van der Waals surface area contributed by atoms with Gasteiger partial charge >= 0.3 is 0 Å².